The van der Waals surface area contributed by atoms with Crippen LogP contribution in [-0.4, -0.2) is 23.9 Å². The van der Waals surface area contributed by atoms with Crippen molar-refractivity contribution in [2.45, 2.75) is 26.7 Å². The van der Waals surface area contributed by atoms with Gasteiger partial charge in [0.2, 0.25) is 0 Å². The fourth-order valence-corrected chi connectivity index (χ4v) is 2.84. The van der Waals surface area contributed by atoms with Crippen LogP contribution < -0.4 is 0 Å². The van der Waals surface area contributed by atoms with E-state index in [0.717, 1.165) is 29.5 Å². The van der Waals surface area contributed by atoms with Crippen molar-refractivity contribution in [3.63, 3.8) is 0 Å². The molecule has 2 nitrogen and oxygen atoms in total. The summed E-state index contributed by atoms with van der Waals surface area (Å²) in [5.74, 6) is 0.0639. The molecule has 0 spiro atoms. The van der Waals surface area contributed by atoms with Crippen LogP contribution in [-0.2, 0) is 0 Å². The maximum absolute atomic E-state index is 12.4. The van der Waals surface area contributed by atoms with Gasteiger partial charge in [-0.1, -0.05) is 25.4 Å². The number of rotatable bonds is 1. The summed E-state index contributed by atoms with van der Waals surface area (Å²) in [5.41, 5.74) is 0.981. The Morgan fingerprint density at radius 1 is 1.33 bits per heavy atom. The maximum atomic E-state index is 12.4. The van der Waals surface area contributed by atoms with E-state index in [9.17, 15) is 4.79 Å². The summed E-state index contributed by atoms with van der Waals surface area (Å²) in [6.45, 7) is 6.17. The zero-order valence-corrected chi connectivity index (χ0v) is 13.6. The van der Waals surface area contributed by atoms with Crippen LogP contribution in [0.5, 0.6) is 0 Å². The van der Waals surface area contributed by atoms with Gasteiger partial charge in [0.1, 0.15) is 0 Å². The molecule has 0 aliphatic carbocycles. The molecule has 0 bridgehead atoms. The van der Waals surface area contributed by atoms with E-state index in [1.54, 1.807) is 6.07 Å². The topological polar surface area (TPSA) is 20.3 Å². The minimum atomic E-state index is 0.0639. The molecule has 2 rings (SSSR count). The summed E-state index contributed by atoms with van der Waals surface area (Å²) in [6, 6.07) is 5.58. The standard InChI is InChI=1S/C14H17ClINO/c1-14(2)5-7-17(8-6-14)13(18)11-9-10(16)3-4-12(11)15/h3-4,9H,5-8H2,1-2H3. The molecule has 1 aliphatic rings. The van der Waals surface area contributed by atoms with Crippen molar-refractivity contribution < 1.29 is 4.79 Å². The molecule has 18 heavy (non-hydrogen) atoms. The van der Waals surface area contributed by atoms with E-state index in [1.165, 1.54) is 0 Å². The molecule has 1 aromatic rings. The second-order valence-corrected chi connectivity index (χ2v) is 7.23. The Kier molecular flexibility index (Phi) is 4.22. The summed E-state index contributed by atoms with van der Waals surface area (Å²) in [4.78, 5) is 14.3. The molecular weight excluding hydrogens is 361 g/mol. The fraction of sp³-hybridized carbons (Fsp3) is 0.500. The van der Waals surface area contributed by atoms with Gasteiger partial charge in [0.15, 0.2) is 0 Å². The Morgan fingerprint density at radius 2 is 1.94 bits per heavy atom. The molecule has 1 saturated heterocycles. The van der Waals surface area contributed by atoms with Crippen LogP contribution >= 0.6 is 34.2 Å². The minimum absolute atomic E-state index is 0.0639. The smallest absolute Gasteiger partial charge is 0.255 e. The highest BCUT2D eigenvalue weighted by atomic mass is 127. The van der Waals surface area contributed by atoms with Gasteiger partial charge in [-0.15, -0.1) is 0 Å². The van der Waals surface area contributed by atoms with E-state index >= 15 is 0 Å². The Bertz CT molecular complexity index is 463. The molecule has 1 aromatic carbocycles. The maximum Gasteiger partial charge on any atom is 0.255 e. The van der Waals surface area contributed by atoms with Gasteiger partial charge >= 0.3 is 0 Å². The molecule has 1 amide bonds. The first-order chi connectivity index (χ1) is 8.39. The molecule has 1 fully saturated rings. The van der Waals surface area contributed by atoms with Crippen molar-refractivity contribution in [1.29, 1.82) is 0 Å². The molecule has 4 heteroatoms. The summed E-state index contributed by atoms with van der Waals surface area (Å²) >= 11 is 8.32. The highest BCUT2D eigenvalue weighted by Crippen LogP contribution is 2.31. The zero-order chi connectivity index (χ0) is 13.3. The van der Waals surface area contributed by atoms with Crippen LogP contribution in [0.4, 0.5) is 0 Å². The molecule has 0 aromatic heterocycles. The van der Waals surface area contributed by atoms with Gasteiger partial charge in [0.25, 0.3) is 5.91 Å². The Balaban J connectivity index is 2.15. The van der Waals surface area contributed by atoms with Crippen LogP contribution in [0.25, 0.3) is 0 Å². The lowest BCUT2D eigenvalue weighted by atomic mass is 9.82. The van der Waals surface area contributed by atoms with Crippen molar-refractivity contribution in [2.75, 3.05) is 13.1 Å². The normalized spacial score (nSPS) is 18.8. The number of halogens is 2. The van der Waals surface area contributed by atoms with Crippen molar-refractivity contribution in [3.05, 3.63) is 32.4 Å². The van der Waals surface area contributed by atoms with Gasteiger partial charge in [0, 0.05) is 16.7 Å². The third-order valence-corrected chi connectivity index (χ3v) is 4.56. The minimum Gasteiger partial charge on any atom is -0.339 e. The van der Waals surface area contributed by atoms with E-state index in [0.29, 0.717) is 16.0 Å². The second kappa shape index (κ2) is 5.37. The number of carbonyl (C=O) groups excluding carboxylic acids is 1. The first-order valence-electron chi connectivity index (χ1n) is 6.13. The lowest BCUT2D eigenvalue weighted by Gasteiger charge is -2.37. The van der Waals surface area contributed by atoms with Crippen molar-refractivity contribution in [3.8, 4) is 0 Å². The van der Waals surface area contributed by atoms with E-state index in [2.05, 4.69) is 36.4 Å². The SMILES string of the molecule is CC1(C)CCN(C(=O)c2cc(I)ccc2Cl)CC1. The lowest BCUT2D eigenvalue weighted by molar-refractivity contribution is 0.0630. The van der Waals surface area contributed by atoms with E-state index in [-0.39, 0.29) is 5.91 Å². The summed E-state index contributed by atoms with van der Waals surface area (Å²) in [7, 11) is 0. The predicted octanol–water partition coefficient (Wildman–Crippen LogP) is 4.21. The van der Waals surface area contributed by atoms with Gasteiger partial charge in [-0.2, -0.15) is 0 Å². The second-order valence-electron chi connectivity index (χ2n) is 5.58. The molecule has 0 N–H and O–H groups in total. The summed E-state index contributed by atoms with van der Waals surface area (Å²) in [6.07, 6.45) is 2.11. The first kappa shape index (κ1) is 14.1. The van der Waals surface area contributed by atoms with E-state index in [4.69, 9.17) is 11.6 Å². The quantitative estimate of drug-likeness (QED) is 0.672. The average Bonchev–Trinajstić information content (AvgIpc) is 2.31. The highest BCUT2D eigenvalue weighted by Gasteiger charge is 2.29. The van der Waals surface area contributed by atoms with Crippen LogP contribution in [0, 0.1) is 8.99 Å². The first-order valence-corrected chi connectivity index (χ1v) is 7.59. The predicted molar refractivity (Wildman–Crippen MR) is 83.1 cm³/mol. The van der Waals surface area contributed by atoms with Gasteiger partial charge in [-0.25, -0.2) is 0 Å². The number of nitrogens with zero attached hydrogens (tertiary/aromatic N) is 1. The average molecular weight is 378 g/mol. The van der Waals surface area contributed by atoms with E-state index in [1.807, 2.05) is 17.0 Å². The van der Waals surface area contributed by atoms with Crippen molar-refractivity contribution >= 4 is 40.1 Å². The van der Waals surface area contributed by atoms with Crippen molar-refractivity contribution in [2.24, 2.45) is 5.41 Å². The van der Waals surface area contributed by atoms with Crippen LogP contribution in [0.3, 0.4) is 0 Å². The Hall–Kier alpha value is -0.290. The summed E-state index contributed by atoms with van der Waals surface area (Å²) < 4.78 is 1.04. The third-order valence-electron chi connectivity index (χ3n) is 3.56. The Labute approximate surface area is 127 Å². The highest BCUT2D eigenvalue weighted by molar-refractivity contribution is 14.1. The summed E-state index contributed by atoms with van der Waals surface area (Å²) in [5, 5.41) is 0.547. The molecule has 1 heterocycles. The van der Waals surface area contributed by atoms with Gasteiger partial charge in [-0.05, 0) is 59.0 Å². The Morgan fingerprint density at radius 3 is 2.56 bits per heavy atom. The zero-order valence-electron chi connectivity index (χ0n) is 10.7. The van der Waals surface area contributed by atoms with Crippen LogP contribution in [0.2, 0.25) is 5.02 Å². The van der Waals surface area contributed by atoms with Crippen molar-refractivity contribution in [1.82, 2.24) is 4.90 Å². The van der Waals surface area contributed by atoms with E-state index < -0.39 is 0 Å². The number of carbonyl (C=O) groups is 1. The molecule has 0 atom stereocenters. The molecular formula is C14H17ClINO. The largest absolute Gasteiger partial charge is 0.339 e. The van der Waals surface area contributed by atoms with Gasteiger partial charge in [0.05, 0.1) is 10.6 Å². The third kappa shape index (κ3) is 3.18. The number of hydrogen-bond donors (Lipinski definition) is 0. The molecule has 98 valence electrons. The lowest BCUT2D eigenvalue weighted by Crippen LogP contribution is -2.41. The number of piperidine rings is 1. The van der Waals surface area contributed by atoms with Gasteiger partial charge < -0.3 is 4.90 Å². The number of hydrogen-bond acceptors (Lipinski definition) is 1. The van der Waals surface area contributed by atoms with Crippen LogP contribution in [0.15, 0.2) is 18.2 Å². The van der Waals surface area contributed by atoms with Gasteiger partial charge in [-0.3, -0.25) is 4.79 Å². The number of amides is 1. The fourth-order valence-electron chi connectivity index (χ4n) is 2.15. The monoisotopic (exact) mass is 377 g/mol. The molecule has 0 radical (unpaired) electrons. The number of likely N-dealkylation sites (tertiary alicyclic amines) is 1. The molecule has 1 aliphatic heterocycles. The van der Waals surface area contributed by atoms with Crippen LogP contribution in [0.1, 0.15) is 37.0 Å². The molecule has 0 unspecified atom stereocenters. The number of benzene rings is 1. The molecule has 0 saturated carbocycles.